The topological polar surface area (TPSA) is 15.8 Å². The first-order chi connectivity index (χ1) is 17.1. The summed E-state index contributed by atoms with van der Waals surface area (Å²) in [5.41, 5.74) is 13.7. The molecule has 0 amide bonds. The Labute approximate surface area is 205 Å². The average molecular weight is 446 g/mol. The summed E-state index contributed by atoms with van der Waals surface area (Å²) in [4.78, 5) is 3.88. The van der Waals surface area contributed by atoms with E-state index in [1.54, 1.807) is 0 Å². The number of aromatic amines is 1. The standard InChI is InChI=1S/C34H23N/c1-33(2)19-17-24-26-16-15-25-23-11-5-8-14-29(23)34(31(25)32(26)35-30(24)18-20-33)27-12-6-3-9-21(27)22-10-4-7-13-28(22)34/h3-6,8-12,14-20,35H,1-2H3. The number of aromatic nitrogens is 1. The molecule has 0 saturated carbocycles. The molecule has 4 aromatic carbocycles. The van der Waals surface area contributed by atoms with Crippen LogP contribution in [0.25, 0.3) is 45.3 Å². The van der Waals surface area contributed by atoms with Gasteiger partial charge < -0.3 is 4.98 Å². The van der Waals surface area contributed by atoms with Crippen LogP contribution < -0.4 is 0 Å². The van der Waals surface area contributed by atoms with E-state index in [2.05, 4.69) is 122 Å². The zero-order chi connectivity index (χ0) is 23.4. The molecule has 1 aromatic heterocycles. The maximum atomic E-state index is 3.88. The Morgan fingerprint density at radius 3 is 2.23 bits per heavy atom. The summed E-state index contributed by atoms with van der Waals surface area (Å²) in [7, 11) is 0. The molecule has 1 heteroatoms. The van der Waals surface area contributed by atoms with E-state index in [9.17, 15) is 0 Å². The van der Waals surface area contributed by atoms with Crippen LogP contribution in [-0.2, 0) is 5.41 Å². The molecule has 3 aliphatic rings. The summed E-state index contributed by atoms with van der Waals surface area (Å²) in [6.45, 7) is 4.49. The second-order valence-electron chi connectivity index (χ2n) is 10.6. The van der Waals surface area contributed by atoms with Crippen molar-refractivity contribution in [2.75, 3.05) is 0 Å². The zero-order valence-corrected chi connectivity index (χ0v) is 19.7. The fourth-order valence-corrected chi connectivity index (χ4v) is 6.69. The third kappa shape index (κ3) is 2.21. The Hall–Kier alpha value is -4.28. The lowest BCUT2D eigenvalue weighted by Gasteiger charge is -2.29. The molecule has 0 saturated heterocycles. The molecule has 1 unspecified atom stereocenters. The van der Waals surface area contributed by atoms with E-state index in [4.69, 9.17) is 0 Å². The van der Waals surface area contributed by atoms with Gasteiger partial charge in [0.1, 0.15) is 0 Å². The van der Waals surface area contributed by atoms with Crippen LogP contribution in [0.3, 0.4) is 0 Å². The summed E-state index contributed by atoms with van der Waals surface area (Å²) in [6.07, 6.45) is 9.15. The fourth-order valence-electron chi connectivity index (χ4n) is 6.69. The maximum absolute atomic E-state index is 3.88. The predicted molar refractivity (Wildman–Crippen MR) is 144 cm³/mol. The molecule has 0 bridgehead atoms. The molecule has 1 nitrogen and oxygen atoms in total. The normalized spacial score (nSPS) is 16.9. The number of hydrogen-bond acceptors (Lipinski definition) is 0. The van der Waals surface area contributed by atoms with Crippen LogP contribution in [0.4, 0.5) is 0 Å². The first kappa shape index (κ1) is 19.1. The number of rotatable bonds is 0. The van der Waals surface area contributed by atoms with Gasteiger partial charge in [0, 0.05) is 33.2 Å². The minimum absolute atomic E-state index is 0.0362. The van der Waals surface area contributed by atoms with Crippen molar-refractivity contribution in [3.63, 3.8) is 0 Å². The molecule has 35 heavy (non-hydrogen) atoms. The minimum atomic E-state index is -0.411. The summed E-state index contributed by atoms with van der Waals surface area (Å²) in [5.74, 6) is 0. The van der Waals surface area contributed by atoms with E-state index in [0.29, 0.717) is 0 Å². The van der Waals surface area contributed by atoms with Crippen LogP contribution in [0.1, 0.15) is 47.4 Å². The SMILES string of the molecule is CC1(C)C=Cc2[nH]c3c4c(ccc3c2C=C1)-c1ccccc1C41c2c#cccc2-c2ccccc21. The van der Waals surface area contributed by atoms with Crippen LogP contribution in [0.5, 0.6) is 0 Å². The Morgan fingerprint density at radius 2 is 1.43 bits per heavy atom. The molecule has 1 atom stereocenters. The van der Waals surface area contributed by atoms with Gasteiger partial charge in [0.25, 0.3) is 0 Å². The maximum Gasteiger partial charge on any atom is 0.0825 e. The highest BCUT2D eigenvalue weighted by Crippen LogP contribution is 2.63. The number of nitrogens with one attached hydrogen (secondary N) is 1. The monoisotopic (exact) mass is 445 g/mol. The van der Waals surface area contributed by atoms with Crippen molar-refractivity contribution < 1.29 is 0 Å². The second kappa shape index (κ2) is 6.23. The van der Waals surface area contributed by atoms with Gasteiger partial charge in [0.2, 0.25) is 0 Å². The molecular weight excluding hydrogens is 422 g/mol. The highest BCUT2D eigenvalue weighted by atomic mass is 14.7. The van der Waals surface area contributed by atoms with E-state index in [1.807, 2.05) is 6.07 Å². The molecule has 5 aromatic rings. The van der Waals surface area contributed by atoms with Gasteiger partial charge in [-0.1, -0.05) is 105 Å². The van der Waals surface area contributed by atoms with E-state index in [0.717, 1.165) is 0 Å². The van der Waals surface area contributed by atoms with Gasteiger partial charge in [-0.05, 0) is 51.6 Å². The number of benzene rings is 3. The molecule has 1 N–H and O–H groups in total. The minimum Gasteiger partial charge on any atom is -0.354 e. The lowest BCUT2D eigenvalue weighted by atomic mass is 9.70. The highest BCUT2D eigenvalue weighted by molar-refractivity contribution is 6.05. The van der Waals surface area contributed by atoms with Crippen LogP contribution in [-0.4, -0.2) is 4.98 Å². The van der Waals surface area contributed by atoms with Crippen LogP contribution in [0.15, 0.2) is 84.9 Å². The van der Waals surface area contributed by atoms with E-state index >= 15 is 0 Å². The zero-order valence-electron chi connectivity index (χ0n) is 19.7. The number of allylic oxidation sites excluding steroid dienone is 2. The van der Waals surface area contributed by atoms with Gasteiger partial charge in [0.15, 0.2) is 0 Å². The van der Waals surface area contributed by atoms with Crippen molar-refractivity contribution in [1.82, 2.24) is 4.98 Å². The molecule has 8 rings (SSSR count). The molecule has 1 spiro atoms. The second-order valence-corrected chi connectivity index (χ2v) is 10.6. The first-order valence-electron chi connectivity index (χ1n) is 12.3. The van der Waals surface area contributed by atoms with Crippen molar-refractivity contribution in [1.29, 1.82) is 0 Å². The Kier molecular flexibility index (Phi) is 3.40. The molecular formula is C34H23N. The van der Waals surface area contributed by atoms with Gasteiger partial charge in [-0.2, -0.15) is 0 Å². The lowest BCUT2D eigenvalue weighted by Crippen LogP contribution is -2.26. The predicted octanol–water partition coefficient (Wildman–Crippen LogP) is 8.18. The van der Waals surface area contributed by atoms with Crippen molar-refractivity contribution in [2.24, 2.45) is 5.41 Å². The molecule has 0 aliphatic heterocycles. The average Bonchev–Trinajstić information content (AvgIpc) is 3.46. The molecule has 164 valence electrons. The van der Waals surface area contributed by atoms with Gasteiger partial charge >= 0.3 is 0 Å². The summed E-state index contributed by atoms with van der Waals surface area (Å²) < 4.78 is 0. The first-order valence-corrected chi connectivity index (χ1v) is 12.3. The Bertz CT molecular complexity index is 1710. The summed E-state index contributed by atoms with van der Waals surface area (Å²) in [6, 6.07) is 33.5. The van der Waals surface area contributed by atoms with Crippen LogP contribution in [0.2, 0.25) is 0 Å². The summed E-state index contributed by atoms with van der Waals surface area (Å²) in [5, 5.41) is 1.27. The molecule has 1 heterocycles. The smallest absolute Gasteiger partial charge is 0.0825 e. The van der Waals surface area contributed by atoms with Crippen LogP contribution >= 0.6 is 0 Å². The lowest BCUT2D eigenvalue weighted by molar-refractivity contribution is 0.633. The van der Waals surface area contributed by atoms with Crippen molar-refractivity contribution in [2.45, 2.75) is 19.3 Å². The third-order valence-electron chi connectivity index (χ3n) is 8.20. The fraction of sp³-hybridized carbons (Fsp3) is 0.118. The highest BCUT2D eigenvalue weighted by Gasteiger charge is 2.53. The van der Waals surface area contributed by atoms with Crippen LogP contribution in [0, 0.1) is 17.5 Å². The Balaban J connectivity index is 1.57. The largest absolute Gasteiger partial charge is 0.354 e. The van der Waals surface area contributed by atoms with Gasteiger partial charge in [-0.3, -0.25) is 0 Å². The molecule has 0 fully saturated rings. The van der Waals surface area contributed by atoms with Crippen molar-refractivity contribution in [3.8, 4) is 22.3 Å². The van der Waals surface area contributed by atoms with E-state index in [-0.39, 0.29) is 5.41 Å². The molecule has 3 aliphatic carbocycles. The van der Waals surface area contributed by atoms with Crippen molar-refractivity contribution >= 4 is 23.1 Å². The van der Waals surface area contributed by atoms with Gasteiger partial charge in [-0.15, -0.1) is 0 Å². The third-order valence-corrected chi connectivity index (χ3v) is 8.20. The Morgan fingerprint density at radius 1 is 0.714 bits per heavy atom. The quantitative estimate of drug-likeness (QED) is 0.242. The van der Waals surface area contributed by atoms with Gasteiger partial charge in [0.05, 0.1) is 10.9 Å². The number of fused-ring (bicyclic) bond motifs is 14. The molecule has 0 radical (unpaired) electrons. The van der Waals surface area contributed by atoms with Gasteiger partial charge in [-0.25, -0.2) is 0 Å². The number of H-pyrrole nitrogens is 1. The van der Waals surface area contributed by atoms with E-state index < -0.39 is 5.41 Å². The number of hydrogen-bond donors (Lipinski definition) is 1. The van der Waals surface area contributed by atoms with Crippen molar-refractivity contribution in [3.05, 3.63) is 131 Å². The summed E-state index contributed by atoms with van der Waals surface area (Å²) >= 11 is 0. The van der Waals surface area contributed by atoms with E-state index in [1.165, 1.54) is 66.7 Å².